The molecule has 0 aromatic rings. The molecule has 0 saturated carbocycles. The summed E-state index contributed by atoms with van der Waals surface area (Å²) in [5.74, 6) is 0.192. The number of aliphatic hydroxyl groups is 1. The van der Waals surface area contributed by atoms with Crippen molar-refractivity contribution in [1.82, 2.24) is 0 Å². The molecule has 0 spiro atoms. The zero-order valence-electron chi connectivity index (χ0n) is 7.82. The average Bonchev–Trinajstić information content (AvgIpc) is 2.08. The number of carbonyl (C=O) groups is 1. The van der Waals surface area contributed by atoms with Gasteiger partial charge in [-0.05, 0) is 6.08 Å². The summed E-state index contributed by atoms with van der Waals surface area (Å²) in [6, 6.07) is 0. The first-order valence-electron chi connectivity index (χ1n) is 4.26. The Balaban J connectivity index is 2.62. The predicted octanol–water partition coefficient (Wildman–Crippen LogP) is 0.461. The summed E-state index contributed by atoms with van der Waals surface area (Å²) in [5.41, 5.74) is 0. The van der Waals surface area contributed by atoms with Gasteiger partial charge < -0.3 is 14.6 Å². The number of rotatable bonds is 2. The van der Waals surface area contributed by atoms with Crippen LogP contribution in [0, 0.1) is 5.92 Å². The summed E-state index contributed by atoms with van der Waals surface area (Å²) in [6.45, 7) is 3.55. The van der Waals surface area contributed by atoms with Crippen molar-refractivity contribution in [3.63, 3.8) is 0 Å². The second kappa shape index (κ2) is 4.39. The van der Waals surface area contributed by atoms with Gasteiger partial charge in [0.2, 0.25) is 0 Å². The lowest BCUT2D eigenvalue weighted by Crippen LogP contribution is -2.32. The molecule has 4 nitrogen and oxygen atoms in total. The van der Waals surface area contributed by atoms with E-state index >= 15 is 0 Å². The lowest BCUT2D eigenvalue weighted by Gasteiger charge is -2.27. The molecule has 1 aliphatic rings. The van der Waals surface area contributed by atoms with Crippen LogP contribution in [0.4, 0.5) is 0 Å². The highest BCUT2D eigenvalue weighted by Gasteiger charge is 2.26. The molecule has 0 amide bonds. The van der Waals surface area contributed by atoms with Crippen molar-refractivity contribution in [3.05, 3.63) is 11.8 Å². The van der Waals surface area contributed by atoms with Crippen LogP contribution < -0.4 is 0 Å². The monoisotopic (exact) mass is 186 g/mol. The summed E-state index contributed by atoms with van der Waals surface area (Å²) in [7, 11) is 0. The largest absolute Gasteiger partial charge is 0.431 e. The van der Waals surface area contributed by atoms with Crippen molar-refractivity contribution < 1.29 is 19.4 Å². The van der Waals surface area contributed by atoms with E-state index in [2.05, 4.69) is 0 Å². The van der Waals surface area contributed by atoms with Gasteiger partial charge in [0.1, 0.15) is 5.76 Å². The van der Waals surface area contributed by atoms with Crippen molar-refractivity contribution in [2.45, 2.75) is 20.0 Å². The van der Waals surface area contributed by atoms with E-state index in [1.807, 2.05) is 6.92 Å². The highest BCUT2D eigenvalue weighted by Crippen LogP contribution is 2.22. The highest BCUT2D eigenvalue weighted by molar-refractivity contribution is 5.67. The van der Waals surface area contributed by atoms with Gasteiger partial charge >= 0.3 is 5.97 Å². The van der Waals surface area contributed by atoms with Gasteiger partial charge in [-0.2, -0.15) is 0 Å². The Morgan fingerprint density at radius 2 is 2.54 bits per heavy atom. The number of ether oxygens (including phenoxy) is 2. The third-order valence-electron chi connectivity index (χ3n) is 2.04. The Bertz CT molecular complexity index is 222. The van der Waals surface area contributed by atoms with Crippen molar-refractivity contribution in [2.24, 2.45) is 5.92 Å². The van der Waals surface area contributed by atoms with Crippen LogP contribution in [0.15, 0.2) is 11.8 Å². The van der Waals surface area contributed by atoms with Gasteiger partial charge in [-0.25, -0.2) is 0 Å². The fraction of sp³-hybridized carbons (Fsp3) is 0.667. The van der Waals surface area contributed by atoms with E-state index < -0.39 is 0 Å². The topological polar surface area (TPSA) is 55.8 Å². The van der Waals surface area contributed by atoms with Crippen molar-refractivity contribution in [3.8, 4) is 0 Å². The van der Waals surface area contributed by atoms with Gasteiger partial charge in [0.25, 0.3) is 0 Å². The molecule has 4 heteroatoms. The molecule has 0 fully saturated rings. The zero-order chi connectivity index (χ0) is 9.84. The molecule has 1 unspecified atom stereocenters. The van der Waals surface area contributed by atoms with Gasteiger partial charge in [0, 0.05) is 12.8 Å². The first-order chi connectivity index (χ1) is 6.15. The van der Waals surface area contributed by atoms with Gasteiger partial charge in [-0.15, -0.1) is 0 Å². The van der Waals surface area contributed by atoms with Gasteiger partial charge in [-0.3, -0.25) is 4.79 Å². The van der Waals surface area contributed by atoms with E-state index in [4.69, 9.17) is 14.6 Å². The fourth-order valence-electron chi connectivity index (χ4n) is 1.28. The van der Waals surface area contributed by atoms with Crippen LogP contribution in [0.3, 0.4) is 0 Å². The summed E-state index contributed by atoms with van der Waals surface area (Å²) in [6.07, 6.45) is 1.46. The minimum atomic E-state index is -0.336. The van der Waals surface area contributed by atoms with Crippen LogP contribution in [-0.4, -0.2) is 30.4 Å². The summed E-state index contributed by atoms with van der Waals surface area (Å²) in [5, 5.41) is 8.92. The van der Waals surface area contributed by atoms with Crippen molar-refractivity contribution in [2.75, 3.05) is 13.2 Å². The maximum Gasteiger partial charge on any atom is 0.307 e. The lowest BCUT2D eigenvalue weighted by molar-refractivity contribution is -0.139. The summed E-state index contributed by atoms with van der Waals surface area (Å²) in [4.78, 5) is 10.7. The second-order valence-corrected chi connectivity index (χ2v) is 3.04. The van der Waals surface area contributed by atoms with Crippen LogP contribution in [0.25, 0.3) is 0 Å². The molecule has 0 aromatic heterocycles. The zero-order valence-corrected chi connectivity index (χ0v) is 7.82. The molecular weight excluding hydrogens is 172 g/mol. The number of aliphatic hydroxyl groups excluding tert-OH is 1. The SMILES string of the molecule is CC(=O)OC1=CCO[C@H](CO)C1C. The maximum atomic E-state index is 10.7. The second-order valence-electron chi connectivity index (χ2n) is 3.04. The number of esters is 1. The van der Waals surface area contributed by atoms with E-state index in [1.54, 1.807) is 6.08 Å². The molecule has 1 aliphatic heterocycles. The minimum Gasteiger partial charge on any atom is -0.431 e. The maximum absolute atomic E-state index is 10.7. The molecule has 0 aromatic carbocycles. The van der Waals surface area contributed by atoms with Crippen LogP contribution in [0.5, 0.6) is 0 Å². The third kappa shape index (κ3) is 2.54. The Morgan fingerprint density at radius 3 is 3.08 bits per heavy atom. The molecule has 0 aliphatic carbocycles. The van der Waals surface area contributed by atoms with Gasteiger partial charge in [-0.1, -0.05) is 6.92 Å². The Hall–Kier alpha value is -0.870. The lowest BCUT2D eigenvalue weighted by atomic mass is 10.0. The Morgan fingerprint density at radius 1 is 1.85 bits per heavy atom. The highest BCUT2D eigenvalue weighted by atomic mass is 16.5. The normalized spacial score (nSPS) is 28.1. The molecule has 0 saturated heterocycles. The molecule has 1 rings (SSSR count). The van der Waals surface area contributed by atoms with Crippen molar-refractivity contribution in [1.29, 1.82) is 0 Å². The molecule has 1 heterocycles. The minimum absolute atomic E-state index is 0.0558. The quantitative estimate of drug-likeness (QED) is 0.636. The van der Waals surface area contributed by atoms with E-state index in [0.717, 1.165) is 0 Å². The van der Waals surface area contributed by atoms with Crippen LogP contribution in [0.1, 0.15) is 13.8 Å². The average molecular weight is 186 g/mol. The first kappa shape index (κ1) is 10.2. The molecule has 0 radical (unpaired) electrons. The van der Waals surface area contributed by atoms with Crippen molar-refractivity contribution >= 4 is 5.97 Å². The molecule has 1 N–H and O–H groups in total. The number of hydrogen-bond donors (Lipinski definition) is 1. The van der Waals surface area contributed by atoms with Crippen LogP contribution in [-0.2, 0) is 14.3 Å². The molecule has 0 bridgehead atoms. The first-order valence-corrected chi connectivity index (χ1v) is 4.26. The van der Waals surface area contributed by atoms with E-state index in [0.29, 0.717) is 12.4 Å². The van der Waals surface area contributed by atoms with Crippen LogP contribution >= 0.6 is 0 Å². The standard InChI is InChI=1S/C9H14O4/c1-6-8(13-7(2)11)3-4-12-9(6)5-10/h3,6,9-10H,4-5H2,1-2H3/t6?,9-/m1/s1. The van der Waals surface area contributed by atoms with E-state index in [-0.39, 0.29) is 24.6 Å². The van der Waals surface area contributed by atoms with Crippen LogP contribution in [0.2, 0.25) is 0 Å². The fourth-order valence-corrected chi connectivity index (χ4v) is 1.28. The van der Waals surface area contributed by atoms with Gasteiger partial charge in [0.05, 0.1) is 19.3 Å². The molecular formula is C9H14O4. The third-order valence-corrected chi connectivity index (χ3v) is 2.04. The Kier molecular flexibility index (Phi) is 3.45. The number of carbonyl (C=O) groups excluding carboxylic acids is 1. The molecule has 2 atom stereocenters. The van der Waals surface area contributed by atoms with E-state index in [9.17, 15) is 4.79 Å². The predicted molar refractivity (Wildman–Crippen MR) is 45.8 cm³/mol. The molecule has 74 valence electrons. The smallest absolute Gasteiger partial charge is 0.307 e. The summed E-state index contributed by atoms with van der Waals surface area (Å²) >= 11 is 0. The Labute approximate surface area is 77.1 Å². The van der Waals surface area contributed by atoms with E-state index in [1.165, 1.54) is 6.92 Å². The molecule has 13 heavy (non-hydrogen) atoms. The van der Waals surface area contributed by atoms with Gasteiger partial charge in [0.15, 0.2) is 0 Å². The summed E-state index contributed by atoms with van der Waals surface area (Å²) < 4.78 is 10.2. The number of hydrogen-bond acceptors (Lipinski definition) is 4.